The van der Waals surface area contributed by atoms with Crippen molar-refractivity contribution in [3.05, 3.63) is 34.5 Å². The first-order valence-electron chi connectivity index (χ1n) is 12.6. The number of alkyl carbamates (subject to hydrolysis) is 1. The Bertz CT molecular complexity index is 1330. The molecule has 5 N–H and O–H groups in total. The molecule has 1 aromatic rings. The normalized spacial score (nSPS) is 18.9. The number of nitrogens with zero attached hydrogens (tertiary/aromatic N) is 3. The topological polar surface area (TPSA) is 212 Å². The van der Waals surface area contributed by atoms with Gasteiger partial charge < -0.3 is 35.8 Å². The van der Waals surface area contributed by atoms with Gasteiger partial charge in [-0.05, 0) is 46.3 Å². The van der Waals surface area contributed by atoms with Crippen LogP contribution in [0.3, 0.4) is 0 Å². The molecule has 17 heteroatoms. The number of carbonyl (C=O) groups is 5. The van der Waals surface area contributed by atoms with Gasteiger partial charge in [0.2, 0.25) is 6.79 Å². The Kier molecular flexibility index (Phi) is 10.6. The van der Waals surface area contributed by atoms with Crippen molar-refractivity contribution in [3.8, 4) is 0 Å². The second kappa shape index (κ2) is 13.7. The van der Waals surface area contributed by atoms with E-state index in [1.165, 1.54) is 29.3 Å². The fraction of sp³-hybridized carbons (Fsp3) is 0.480. The predicted molar refractivity (Wildman–Crippen MR) is 152 cm³/mol. The maximum Gasteiger partial charge on any atom is 0.407 e. The monoisotopic (exact) mass is 624 g/mol. The Hall–Kier alpha value is -4.12. The lowest BCUT2D eigenvalue weighted by molar-refractivity contribution is -0.173. The number of β-lactam (4-membered cyclic amide) rings is 1. The predicted octanol–water partition coefficient (Wildman–Crippen LogP) is 1.34. The lowest BCUT2D eigenvalue weighted by atomic mass is 9.98. The number of fused-ring (bicyclic) bond motifs is 1. The molecular formula is C25H32N6O9S2. The highest BCUT2D eigenvalue weighted by molar-refractivity contribution is 8.00. The van der Waals surface area contributed by atoms with Crippen LogP contribution >= 0.6 is 23.1 Å². The molecule has 0 saturated carbocycles. The Balaban J connectivity index is 1.77. The summed E-state index contributed by atoms with van der Waals surface area (Å²) in [5.41, 5.74) is 4.62. The number of thioether (sulfide) groups is 1. The van der Waals surface area contributed by atoms with Crippen LogP contribution in [0.2, 0.25) is 0 Å². The first kappa shape index (κ1) is 32.4. The van der Waals surface area contributed by atoms with Crippen LogP contribution < -0.4 is 16.4 Å². The van der Waals surface area contributed by atoms with Crippen LogP contribution in [0.25, 0.3) is 0 Å². The molecule has 0 spiro atoms. The van der Waals surface area contributed by atoms with Crippen LogP contribution in [-0.4, -0.2) is 87.3 Å². The number of oxime groups is 1. The van der Waals surface area contributed by atoms with E-state index in [1.807, 2.05) is 0 Å². The van der Waals surface area contributed by atoms with Gasteiger partial charge in [0, 0.05) is 17.2 Å². The van der Waals surface area contributed by atoms with E-state index in [9.17, 15) is 29.2 Å². The quantitative estimate of drug-likeness (QED) is 0.0725. The molecule has 42 heavy (non-hydrogen) atoms. The number of nitrogen functional groups attached to an aromatic ring is 1. The standard InChI is InChI=1S/C25H32N6O9S2/c1-12(2)27-24(36)38-8-6-7-13-9-41-20-16(29-18(32)15(30-37)14-10-42-23(26)28-14)19(33)31(20)17(13)21(34)39-11-40-22(35)25(3,4)5/h6-7,10,12,16,20,37H,8-9,11H2,1-5H3,(H2,26,28)(H,27,36)(H,29,32)/b7-6-,30-15-/t16-,20-/m1/s1. The number of ether oxygens (including phenoxy) is 3. The Morgan fingerprint density at radius 1 is 1.26 bits per heavy atom. The molecule has 3 amide bonds. The van der Waals surface area contributed by atoms with Gasteiger partial charge >= 0.3 is 18.0 Å². The number of anilines is 1. The van der Waals surface area contributed by atoms with Crippen LogP contribution in [0.4, 0.5) is 9.93 Å². The van der Waals surface area contributed by atoms with Gasteiger partial charge in [0.25, 0.3) is 11.8 Å². The number of hydrogen-bond acceptors (Lipinski definition) is 14. The number of thiazole rings is 1. The minimum absolute atomic E-state index is 0.0307. The highest BCUT2D eigenvalue weighted by atomic mass is 32.2. The van der Waals surface area contributed by atoms with Crippen molar-refractivity contribution < 1.29 is 43.4 Å². The summed E-state index contributed by atoms with van der Waals surface area (Å²) < 4.78 is 15.3. The number of rotatable bonds is 10. The van der Waals surface area contributed by atoms with Gasteiger partial charge in [0.15, 0.2) is 10.8 Å². The van der Waals surface area contributed by atoms with Crippen LogP contribution in [0.1, 0.15) is 40.3 Å². The van der Waals surface area contributed by atoms with E-state index in [0.29, 0.717) is 5.57 Å². The second-order valence-corrected chi connectivity index (χ2v) is 12.3. The molecule has 2 atom stereocenters. The lowest BCUT2D eigenvalue weighted by Gasteiger charge is -2.49. The fourth-order valence-electron chi connectivity index (χ4n) is 3.59. The van der Waals surface area contributed by atoms with Crippen molar-refractivity contribution in [2.24, 2.45) is 10.6 Å². The fourth-order valence-corrected chi connectivity index (χ4v) is 5.46. The number of aromatic nitrogens is 1. The highest BCUT2D eigenvalue weighted by Crippen LogP contribution is 2.41. The molecule has 2 aliphatic heterocycles. The number of hydrogen-bond donors (Lipinski definition) is 4. The van der Waals surface area contributed by atoms with E-state index >= 15 is 0 Å². The van der Waals surface area contributed by atoms with Gasteiger partial charge in [-0.3, -0.25) is 19.3 Å². The van der Waals surface area contributed by atoms with E-state index in [4.69, 9.17) is 19.9 Å². The Morgan fingerprint density at radius 3 is 2.57 bits per heavy atom. The van der Waals surface area contributed by atoms with Gasteiger partial charge in [-0.25, -0.2) is 14.6 Å². The molecular weight excluding hydrogens is 592 g/mol. The average molecular weight is 625 g/mol. The summed E-state index contributed by atoms with van der Waals surface area (Å²) in [5.74, 6) is -2.82. The SMILES string of the molecule is CC(C)NC(=O)OC/C=C\C1=C(C(=O)OCOC(=O)C(C)(C)C)N2C(=O)[C@@H](NC(=O)/C(=N\O)c3csc(N)n3)[C@H]2SC1. The van der Waals surface area contributed by atoms with Crippen LogP contribution in [0.5, 0.6) is 0 Å². The molecule has 0 bridgehead atoms. The molecule has 1 fully saturated rings. The van der Waals surface area contributed by atoms with Crippen molar-refractivity contribution in [1.29, 1.82) is 0 Å². The number of allylic oxidation sites excluding steroid dienone is 1. The Morgan fingerprint density at radius 2 is 1.98 bits per heavy atom. The zero-order valence-corrected chi connectivity index (χ0v) is 25.2. The summed E-state index contributed by atoms with van der Waals surface area (Å²) >= 11 is 2.29. The maximum absolute atomic E-state index is 13.2. The van der Waals surface area contributed by atoms with Gasteiger partial charge in [-0.1, -0.05) is 11.2 Å². The van der Waals surface area contributed by atoms with Crippen LogP contribution in [0.15, 0.2) is 34.0 Å². The second-order valence-electron chi connectivity index (χ2n) is 10.3. The summed E-state index contributed by atoms with van der Waals surface area (Å²) in [6.45, 7) is 7.68. The van der Waals surface area contributed by atoms with Crippen molar-refractivity contribution in [2.45, 2.75) is 52.1 Å². The van der Waals surface area contributed by atoms with Crippen molar-refractivity contribution in [3.63, 3.8) is 0 Å². The minimum Gasteiger partial charge on any atom is -0.445 e. The molecule has 2 aliphatic rings. The van der Waals surface area contributed by atoms with Gasteiger partial charge in [-0.2, -0.15) is 0 Å². The molecule has 3 rings (SSSR count). The number of nitrogens with two attached hydrogens (primary N) is 1. The number of amides is 3. The van der Waals surface area contributed by atoms with E-state index in [1.54, 1.807) is 34.6 Å². The first-order chi connectivity index (χ1) is 19.7. The zero-order chi connectivity index (χ0) is 31.2. The summed E-state index contributed by atoms with van der Waals surface area (Å²) in [5, 5.41) is 18.3. The van der Waals surface area contributed by atoms with E-state index in [2.05, 4.69) is 20.8 Å². The minimum atomic E-state index is -1.06. The largest absolute Gasteiger partial charge is 0.445 e. The molecule has 0 aromatic carbocycles. The number of carbonyl (C=O) groups excluding carboxylic acids is 5. The molecule has 228 valence electrons. The number of nitrogens with one attached hydrogen (secondary N) is 2. The smallest absolute Gasteiger partial charge is 0.407 e. The lowest BCUT2D eigenvalue weighted by Crippen LogP contribution is -2.71. The molecule has 0 radical (unpaired) electrons. The molecule has 0 unspecified atom stereocenters. The van der Waals surface area contributed by atoms with E-state index in [-0.39, 0.29) is 34.9 Å². The van der Waals surface area contributed by atoms with Crippen LogP contribution in [0, 0.1) is 5.41 Å². The van der Waals surface area contributed by atoms with Crippen molar-refractivity contribution in [2.75, 3.05) is 24.9 Å². The molecule has 0 aliphatic carbocycles. The third-order valence-corrected chi connectivity index (χ3v) is 7.56. The summed E-state index contributed by atoms with van der Waals surface area (Å²) in [6.07, 6.45) is 2.40. The third kappa shape index (κ3) is 7.79. The Labute approximate surface area is 249 Å². The van der Waals surface area contributed by atoms with Crippen molar-refractivity contribution in [1.82, 2.24) is 20.5 Å². The van der Waals surface area contributed by atoms with Gasteiger partial charge in [0.1, 0.15) is 29.4 Å². The third-order valence-electron chi connectivity index (χ3n) is 5.59. The maximum atomic E-state index is 13.2. The molecule has 1 aromatic heterocycles. The van der Waals surface area contributed by atoms with E-state index in [0.717, 1.165) is 16.2 Å². The zero-order valence-electron chi connectivity index (χ0n) is 23.5. The first-order valence-corrected chi connectivity index (χ1v) is 14.5. The summed E-state index contributed by atoms with van der Waals surface area (Å²) in [7, 11) is 0. The average Bonchev–Trinajstić information content (AvgIpc) is 3.34. The van der Waals surface area contributed by atoms with Crippen molar-refractivity contribution >= 4 is 63.8 Å². The van der Waals surface area contributed by atoms with Gasteiger partial charge in [-0.15, -0.1) is 23.1 Å². The summed E-state index contributed by atoms with van der Waals surface area (Å²) in [4.78, 5) is 68.0. The summed E-state index contributed by atoms with van der Waals surface area (Å²) in [6, 6.07) is -1.18. The number of esters is 2. The van der Waals surface area contributed by atoms with Gasteiger partial charge in [0.05, 0.1) is 5.41 Å². The highest BCUT2D eigenvalue weighted by Gasteiger charge is 2.54. The molecule has 15 nitrogen and oxygen atoms in total. The van der Waals surface area contributed by atoms with E-state index < -0.39 is 59.2 Å². The molecule has 3 heterocycles. The molecule has 1 saturated heterocycles. The van der Waals surface area contributed by atoms with Crippen LogP contribution in [-0.2, 0) is 33.4 Å².